The third-order valence-electron chi connectivity index (χ3n) is 2.69. The van der Waals surface area contributed by atoms with Crippen molar-refractivity contribution in [1.29, 1.82) is 0 Å². The van der Waals surface area contributed by atoms with E-state index >= 15 is 0 Å². The van der Waals surface area contributed by atoms with Gasteiger partial charge in [0, 0.05) is 18.1 Å². The van der Waals surface area contributed by atoms with Gasteiger partial charge in [0.15, 0.2) is 11.7 Å². The molecule has 0 radical (unpaired) electrons. The molecular formula is C14H16F2N2O. The van der Waals surface area contributed by atoms with E-state index in [-0.39, 0.29) is 0 Å². The zero-order valence-corrected chi connectivity index (χ0v) is 10.7. The molecule has 1 heterocycles. The zero-order chi connectivity index (χ0) is 13.7. The number of hydrogen-bond donors (Lipinski definition) is 1. The number of aromatic nitrogens is 1. The standard InChI is InChI=1S/C14H16F2N2O/c1-2-17-5-3-4-14-18-9-13(19-14)10-6-11(15)8-12(16)7-10/h6-9,17H,2-5H2,1H3. The predicted octanol–water partition coefficient (Wildman–Crippen LogP) is 3.16. The van der Waals surface area contributed by atoms with Crippen LogP contribution in [0.4, 0.5) is 8.78 Å². The highest BCUT2D eigenvalue weighted by molar-refractivity contribution is 5.56. The molecule has 102 valence electrons. The SMILES string of the molecule is CCNCCCc1ncc(-c2cc(F)cc(F)c2)o1. The summed E-state index contributed by atoms with van der Waals surface area (Å²) in [6, 6.07) is 3.29. The number of nitrogens with zero attached hydrogens (tertiary/aromatic N) is 1. The molecule has 0 fully saturated rings. The second-order valence-corrected chi connectivity index (χ2v) is 4.23. The molecule has 0 unspecified atom stereocenters. The number of rotatable bonds is 6. The van der Waals surface area contributed by atoms with Gasteiger partial charge in [-0.15, -0.1) is 0 Å². The third kappa shape index (κ3) is 3.86. The molecule has 0 saturated heterocycles. The Bertz CT molecular complexity index is 520. The van der Waals surface area contributed by atoms with E-state index in [2.05, 4.69) is 10.3 Å². The maximum absolute atomic E-state index is 13.1. The summed E-state index contributed by atoms with van der Waals surface area (Å²) in [6.07, 6.45) is 3.10. The lowest BCUT2D eigenvalue weighted by Crippen LogP contribution is -2.14. The van der Waals surface area contributed by atoms with Crippen LogP contribution in [-0.2, 0) is 6.42 Å². The molecule has 19 heavy (non-hydrogen) atoms. The van der Waals surface area contributed by atoms with Crippen LogP contribution in [0.15, 0.2) is 28.8 Å². The Kier molecular flexibility index (Phi) is 4.63. The summed E-state index contributed by atoms with van der Waals surface area (Å²) in [6.45, 7) is 3.87. The fraction of sp³-hybridized carbons (Fsp3) is 0.357. The van der Waals surface area contributed by atoms with Gasteiger partial charge in [0.1, 0.15) is 11.6 Å². The first-order valence-electron chi connectivity index (χ1n) is 6.31. The van der Waals surface area contributed by atoms with Crippen molar-refractivity contribution < 1.29 is 13.2 Å². The molecule has 0 saturated carbocycles. The van der Waals surface area contributed by atoms with E-state index in [1.807, 2.05) is 6.92 Å². The number of halogens is 2. The summed E-state index contributed by atoms with van der Waals surface area (Å²) >= 11 is 0. The molecule has 3 nitrogen and oxygen atoms in total. The predicted molar refractivity (Wildman–Crippen MR) is 68.7 cm³/mol. The summed E-state index contributed by atoms with van der Waals surface area (Å²) in [5.74, 6) is -0.283. The quantitative estimate of drug-likeness (QED) is 0.816. The van der Waals surface area contributed by atoms with Crippen LogP contribution in [0.3, 0.4) is 0 Å². The number of oxazole rings is 1. The zero-order valence-electron chi connectivity index (χ0n) is 10.7. The Morgan fingerprint density at radius 3 is 2.63 bits per heavy atom. The average molecular weight is 266 g/mol. The van der Waals surface area contributed by atoms with E-state index in [9.17, 15) is 8.78 Å². The number of aryl methyl sites for hydroxylation is 1. The minimum absolute atomic E-state index is 0.364. The van der Waals surface area contributed by atoms with Crippen molar-refractivity contribution in [2.45, 2.75) is 19.8 Å². The highest BCUT2D eigenvalue weighted by atomic mass is 19.1. The van der Waals surface area contributed by atoms with Gasteiger partial charge in [-0.1, -0.05) is 6.92 Å². The Labute approximate surface area is 110 Å². The maximum Gasteiger partial charge on any atom is 0.194 e. The highest BCUT2D eigenvalue weighted by Gasteiger charge is 2.09. The summed E-state index contributed by atoms with van der Waals surface area (Å²) in [7, 11) is 0. The summed E-state index contributed by atoms with van der Waals surface area (Å²) < 4.78 is 31.7. The Morgan fingerprint density at radius 1 is 1.21 bits per heavy atom. The van der Waals surface area contributed by atoms with Gasteiger partial charge in [0.2, 0.25) is 0 Å². The van der Waals surface area contributed by atoms with Crippen LogP contribution in [0.1, 0.15) is 19.2 Å². The van der Waals surface area contributed by atoms with Gasteiger partial charge in [-0.05, 0) is 31.6 Å². The van der Waals surface area contributed by atoms with Crippen molar-refractivity contribution in [2.75, 3.05) is 13.1 Å². The Balaban J connectivity index is 2.03. The number of hydrogen-bond acceptors (Lipinski definition) is 3. The molecule has 1 aromatic heterocycles. The Morgan fingerprint density at radius 2 is 1.95 bits per heavy atom. The van der Waals surface area contributed by atoms with E-state index in [0.717, 1.165) is 25.6 Å². The van der Waals surface area contributed by atoms with Crippen LogP contribution < -0.4 is 5.32 Å². The molecule has 0 spiro atoms. The molecule has 1 aromatic carbocycles. The molecule has 2 rings (SSSR count). The van der Waals surface area contributed by atoms with Crippen molar-refractivity contribution in [3.63, 3.8) is 0 Å². The fourth-order valence-electron chi connectivity index (χ4n) is 1.80. The van der Waals surface area contributed by atoms with Crippen molar-refractivity contribution in [1.82, 2.24) is 10.3 Å². The monoisotopic (exact) mass is 266 g/mol. The molecule has 0 aliphatic rings. The van der Waals surface area contributed by atoms with E-state index in [1.165, 1.54) is 18.3 Å². The molecule has 0 aliphatic carbocycles. The van der Waals surface area contributed by atoms with Gasteiger partial charge in [-0.25, -0.2) is 13.8 Å². The van der Waals surface area contributed by atoms with Gasteiger partial charge in [-0.2, -0.15) is 0 Å². The van der Waals surface area contributed by atoms with Gasteiger partial charge in [0.25, 0.3) is 0 Å². The van der Waals surface area contributed by atoms with E-state index < -0.39 is 11.6 Å². The van der Waals surface area contributed by atoms with E-state index in [4.69, 9.17) is 4.42 Å². The maximum atomic E-state index is 13.1. The van der Waals surface area contributed by atoms with Crippen molar-refractivity contribution in [3.05, 3.63) is 41.9 Å². The normalized spacial score (nSPS) is 10.9. The van der Waals surface area contributed by atoms with Crippen LogP contribution in [0.2, 0.25) is 0 Å². The van der Waals surface area contributed by atoms with Gasteiger partial charge in [-0.3, -0.25) is 0 Å². The lowest BCUT2D eigenvalue weighted by Gasteiger charge is -1.99. The molecule has 1 N–H and O–H groups in total. The smallest absolute Gasteiger partial charge is 0.194 e. The molecule has 2 aromatic rings. The second kappa shape index (κ2) is 6.43. The molecule has 0 bridgehead atoms. The van der Waals surface area contributed by atoms with Crippen molar-refractivity contribution in [3.8, 4) is 11.3 Å². The first kappa shape index (κ1) is 13.7. The van der Waals surface area contributed by atoms with Crippen LogP contribution in [0.25, 0.3) is 11.3 Å². The molecule has 5 heteroatoms. The minimum atomic E-state index is -0.625. The molecule has 0 atom stereocenters. The van der Waals surface area contributed by atoms with Crippen LogP contribution >= 0.6 is 0 Å². The summed E-state index contributed by atoms with van der Waals surface area (Å²) in [5.41, 5.74) is 0.364. The highest BCUT2D eigenvalue weighted by Crippen LogP contribution is 2.22. The largest absolute Gasteiger partial charge is 0.441 e. The third-order valence-corrected chi connectivity index (χ3v) is 2.69. The van der Waals surface area contributed by atoms with Crippen molar-refractivity contribution >= 4 is 0 Å². The summed E-state index contributed by atoms with van der Waals surface area (Å²) in [4.78, 5) is 4.11. The lowest BCUT2D eigenvalue weighted by atomic mass is 10.2. The average Bonchev–Trinajstić information content (AvgIpc) is 2.82. The van der Waals surface area contributed by atoms with Gasteiger partial charge in [0.05, 0.1) is 6.20 Å². The number of benzene rings is 1. The van der Waals surface area contributed by atoms with Crippen LogP contribution in [-0.4, -0.2) is 18.1 Å². The van der Waals surface area contributed by atoms with Gasteiger partial charge >= 0.3 is 0 Å². The topological polar surface area (TPSA) is 38.1 Å². The van der Waals surface area contributed by atoms with Crippen molar-refractivity contribution in [2.24, 2.45) is 0 Å². The Hall–Kier alpha value is -1.75. The molecule has 0 amide bonds. The van der Waals surface area contributed by atoms with Crippen LogP contribution in [0, 0.1) is 11.6 Å². The fourth-order valence-corrected chi connectivity index (χ4v) is 1.80. The second-order valence-electron chi connectivity index (χ2n) is 4.23. The first-order chi connectivity index (χ1) is 9.19. The first-order valence-corrected chi connectivity index (χ1v) is 6.31. The van der Waals surface area contributed by atoms with Gasteiger partial charge < -0.3 is 9.73 Å². The van der Waals surface area contributed by atoms with E-state index in [0.29, 0.717) is 23.6 Å². The molecule has 0 aliphatic heterocycles. The van der Waals surface area contributed by atoms with Crippen LogP contribution in [0.5, 0.6) is 0 Å². The summed E-state index contributed by atoms with van der Waals surface area (Å²) in [5, 5.41) is 3.20. The lowest BCUT2D eigenvalue weighted by molar-refractivity contribution is 0.492. The molecular weight excluding hydrogens is 250 g/mol. The minimum Gasteiger partial charge on any atom is -0.441 e. The van der Waals surface area contributed by atoms with E-state index in [1.54, 1.807) is 0 Å². The number of nitrogens with one attached hydrogen (secondary N) is 1.